The van der Waals surface area contributed by atoms with E-state index in [4.69, 9.17) is 4.74 Å². The number of carbonyl (C=O) groups excluding carboxylic acids is 1. The largest absolute Gasteiger partial charge is 0.495 e. The highest BCUT2D eigenvalue weighted by atomic mass is 79.9. The van der Waals surface area contributed by atoms with E-state index in [9.17, 15) is 13.2 Å². The van der Waals surface area contributed by atoms with Crippen molar-refractivity contribution in [2.45, 2.75) is 17.7 Å². The van der Waals surface area contributed by atoms with E-state index < -0.39 is 10.0 Å². The smallest absolute Gasteiger partial charge is 0.263 e. The van der Waals surface area contributed by atoms with Crippen molar-refractivity contribution in [3.63, 3.8) is 0 Å². The van der Waals surface area contributed by atoms with E-state index >= 15 is 0 Å². The second-order valence-electron chi connectivity index (χ2n) is 5.57. The Balaban J connectivity index is 1.96. The second-order valence-corrected chi connectivity index (χ2v) is 8.08. The quantitative estimate of drug-likeness (QED) is 0.797. The van der Waals surface area contributed by atoms with Crippen LogP contribution in [0.4, 0.5) is 11.4 Å². The highest BCUT2D eigenvalue weighted by Crippen LogP contribution is 2.35. The Labute approximate surface area is 155 Å². The molecule has 1 heterocycles. The molecule has 25 heavy (non-hydrogen) atoms. The average molecular weight is 425 g/mol. The highest BCUT2D eigenvalue weighted by molar-refractivity contribution is 9.10. The summed E-state index contributed by atoms with van der Waals surface area (Å²) in [5.74, 6) is 0.531. The van der Waals surface area contributed by atoms with Gasteiger partial charge in [-0.2, -0.15) is 0 Å². The van der Waals surface area contributed by atoms with Crippen molar-refractivity contribution in [1.29, 1.82) is 0 Å². The van der Waals surface area contributed by atoms with Crippen LogP contribution in [0.25, 0.3) is 0 Å². The fraction of sp³-hybridized carbons (Fsp3) is 0.235. The third-order valence-electron chi connectivity index (χ3n) is 3.92. The number of benzene rings is 2. The number of ether oxygens (including phenoxy) is 1. The third-order valence-corrected chi connectivity index (χ3v) is 6.31. The molecule has 8 heteroatoms. The van der Waals surface area contributed by atoms with E-state index in [0.29, 0.717) is 34.6 Å². The van der Waals surface area contributed by atoms with Gasteiger partial charge in [0, 0.05) is 17.4 Å². The Morgan fingerprint density at radius 2 is 1.96 bits per heavy atom. The molecule has 1 saturated heterocycles. The molecular formula is C17H17BrN2O4S. The van der Waals surface area contributed by atoms with E-state index in [-0.39, 0.29) is 10.8 Å². The van der Waals surface area contributed by atoms with Gasteiger partial charge in [0.25, 0.3) is 10.0 Å². The SMILES string of the molecule is COc1ccc(NS(=O)(=O)c2ccccc2Br)cc1N1CCCC1=O. The Hall–Kier alpha value is -2.06. The van der Waals surface area contributed by atoms with Crippen LogP contribution in [0.3, 0.4) is 0 Å². The van der Waals surface area contributed by atoms with Crippen molar-refractivity contribution >= 4 is 43.2 Å². The highest BCUT2D eigenvalue weighted by Gasteiger charge is 2.25. The molecule has 0 saturated carbocycles. The maximum atomic E-state index is 12.6. The molecule has 1 fully saturated rings. The molecule has 2 aromatic carbocycles. The Morgan fingerprint density at radius 3 is 2.60 bits per heavy atom. The average Bonchev–Trinajstić information content (AvgIpc) is 3.00. The number of hydrogen-bond donors (Lipinski definition) is 1. The number of nitrogens with one attached hydrogen (secondary N) is 1. The van der Waals surface area contributed by atoms with Gasteiger partial charge < -0.3 is 9.64 Å². The molecule has 0 atom stereocenters. The number of amides is 1. The van der Waals surface area contributed by atoms with E-state index in [1.165, 1.54) is 13.2 Å². The first-order chi connectivity index (χ1) is 11.9. The van der Waals surface area contributed by atoms with Crippen molar-refractivity contribution in [1.82, 2.24) is 0 Å². The maximum Gasteiger partial charge on any atom is 0.263 e. The summed E-state index contributed by atoms with van der Waals surface area (Å²) in [5.41, 5.74) is 0.934. The zero-order chi connectivity index (χ0) is 18.0. The Kier molecular flexibility index (Phi) is 5.01. The number of halogens is 1. The molecule has 1 aliphatic heterocycles. The summed E-state index contributed by atoms with van der Waals surface area (Å²) in [5, 5.41) is 0. The normalized spacial score (nSPS) is 14.6. The molecule has 3 rings (SSSR count). The van der Waals surface area contributed by atoms with Gasteiger partial charge in [0.05, 0.1) is 18.5 Å². The van der Waals surface area contributed by atoms with Gasteiger partial charge in [-0.15, -0.1) is 0 Å². The van der Waals surface area contributed by atoms with Crippen molar-refractivity contribution in [3.05, 3.63) is 46.9 Å². The Morgan fingerprint density at radius 1 is 1.20 bits per heavy atom. The van der Waals surface area contributed by atoms with Gasteiger partial charge in [0.15, 0.2) is 0 Å². The summed E-state index contributed by atoms with van der Waals surface area (Å²) in [7, 11) is -2.24. The third kappa shape index (κ3) is 3.64. The van der Waals surface area contributed by atoms with Crippen LogP contribution in [-0.2, 0) is 14.8 Å². The molecule has 6 nitrogen and oxygen atoms in total. The summed E-state index contributed by atoms with van der Waals surface area (Å²) in [6.07, 6.45) is 1.25. The zero-order valence-electron chi connectivity index (χ0n) is 13.5. The van der Waals surface area contributed by atoms with Crippen LogP contribution in [0.2, 0.25) is 0 Å². The maximum absolute atomic E-state index is 12.6. The summed E-state index contributed by atoms with van der Waals surface area (Å²) in [6, 6.07) is 11.5. The fourth-order valence-corrected chi connectivity index (χ4v) is 4.79. The van der Waals surface area contributed by atoms with Crippen LogP contribution in [0.15, 0.2) is 51.8 Å². The lowest BCUT2D eigenvalue weighted by Gasteiger charge is -2.20. The van der Waals surface area contributed by atoms with Gasteiger partial charge >= 0.3 is 0 Å². The Bertz CT molecular complexity index is 915. The second kappa shape index (κ2) is 7.05. The fourth-order valence-electron chi connectivity index (χ4n) is 2.74. The van der Waals surface area contributed by atoms with Gasteiger partial charge in [-0.3, -0.25) is 9.52 Å². The summed E-state index contributed by atoms with van der Waals surface area (Å²) < 4.78 is 33.6. The summed E-state index contributed by atoms with van der Waals surface area (Å²) in [4.78, 5) is 13.8. The van der Waals surface area contributed by atoms with Gasteiger partial charge in [-0.25, -0.2) is 8.42 Å². The minimum absolute atomic E-state index is 0.00381. The minimum atomic E-state index is -3.76. The van der Waals surface area contributed by atoms with Crippen LogP contribution in [-0.4, -0.2) is 28.0 Å². The van der Waals surface area contributed by atoms with E-state index in [0.717, 1.165) is 6.42 Å². The lowest BCUT2D eigenvalue weighted by molar-refractivity contribution is -0.117. The van der Waals surface area contributed by atoms with Crippen molar-refractivity contribution in [2.24, 2.45) is 0 Å². The molecule has 1 N–H and O–H groups in total. The number of hydrogen-bond acceptors (Lipinski definition) is 4. The summed E-state index contributed by atoms with van der Waals surface area (Å²) in [6.45, 7) is 0.593. The predicted octanol–water partition coefficient (Wildman–Crippen LogP) is 3.39. The molecule has 1 aliphatic rings. The van der Waals surface area contributed by atoms with Gasteiger partial charge in [-0.1, -0.05) is 12.1 Å². The molecule has 0 aliphatic carbocycles. The van der Waals surface area contributed by atoms with Crippen molar-refractivity contribution in [3.8, 4) is 5.75 Å². The topological polar surface area (TPSA) is 75.7 Å². The first-order valence-corrected chi connectivity index (χ1v) is 9.96. The van der Waals surface area contributed by atoms with E-state index in [1.54, 1.807) is 41.3 Å². The zero-order valence-corrected chi connectivity index (χ0v) is 15.9. The van der Waals surface area contributed by atoms with Crippen LogP contribution < -0.4 is 14.4 Å². The van der Waals surface area contributed by atoms with Crippen LogP contribution in [0.1, 0.15) is 12.8 Å². The van der Waals surface area contributed by atoms with Crippen molar-refractivity contribution in [2.75, 3.05) is 23.3 Å². The molecule has 1 amide bonds. The molecule has 132 valence electrons. The van der Waals surface area contributed by atoms with Gasteiger partial charge in [0.1, 0.15) is 10.6 Å². The van der Waals surface area contributed by atoms with Crippen LogP contribution >= 0.6 is 15.9 Å². The lowest BCUT2D eigenvalue weighted by Crippen LogP contribution is -2.24. The first kappa shape index (κ1) is 17.8. The number of carbonyl (C=O) groups is 1. The molecule has 2 aromatic rings. The van der Waals surface area contributed by atoms with E-state index in [2.05, 4.69) is 20.7 Å². The minimum Gasteiger partial charge on any atom is -0.495 e. The summed E-state index contributed by atoms with van der Waals surface area (Å²) >= 11 is 3.25. The number of sulfonamides is 1. The van der Waals surface area contributed by atoms with Crippen molar-refractivity contribution < 1.29 is 17.9 Å². The molecule has 0 unspecified atom stereocenters. The standard InChI is InChI=1S/C17H17BrN2O4S/c1-24-15-9-8-12(11-14(15)20-10-4-7-17(20)21)19-25(22,23)16-6-3-2-5-13(16)18/h2-3,5-6,8-9,11,19H,4,7,10H2,1H3. The number of methoxy groups -OCH3 is 1. The molecule has 0 spiro atoms. The molecular weight excluding hydrogens is 408 g/mol. The number of nitrogens with zero attached hydrogens (tertiary/aromatic N) is 1. The molecule has 0 radical (unpaired) electrons. The first-order valence-electron chi connectivity index (χ1n) is 7.68. The monoisotopic (exact) mass is 424 g/mol. The van der Waals surface area contributed by atoms with E-state index in [1.807, 2.05) is 0 Å². The van der Waals surface area contributed by atoms with Crippen LogP contribution in [0.5, 0.6) is 5.75 Å². The molecule has 0 aromatic heterocycles. The van der Waals surface area contributed by atoms with Gasteiger partial charge in [-0.05, 0) is 52.7 Å². The number of anilines is 2. The number of rotatable bonds is 5. The molecule has 0 bridgehead atoms. The lowest BCUT2D eigenvalue weighted by atomic mass is 10.2. The van der Waals surface area contributed by atoms with Gasteiger partial charge in [0.2, 0.25) is 5.91 Å². The van der Waals surface area contributed by atoms with Crippen LogP contribution in [0, 0.1) is 0 Å². The predicted molar refractivity (Wildman–Crippen MR) is 99.5 cm³/mol.